The van der Waals surface area contributed by atoms with Gasteiger partial charge < -0.3 is 0 Å². The molecule has 15 heavy (non-hydrogen) atoms. The van der Waals surface area contributed by atoms with Crippen molar-refractivity contribution in [3.63, 3.8) is 0 Å². The topological polar surface area (TPSA) is 23.8 Å². The Morgan fingerprint density at radius 2 is 1.93 bits per heavy atom. The number of nitrogens with zero attached hydrogens (tertiary/aromatic N) is 1. The van der Waals surface area contributed by atoms with E-state index in [-0.39, 0.29) is 11.3 Å². The van der Waals surface area contributed by atoms with Gasteiger partial charge in [0.2, 0.25) is 0 Å². The molecular weight excluding hydrogens is 206 g/mol. The van der Waals surface area contributed by atoms with Crippen molar-refractivity contribution in [3.05, 3.63) is 48.0 Å². The molecule has 1 aromatic carbocycles. The van der Waals surface area contributed by atoms with Crippen LogP contribution in [0.1, 0.15) is 12.5 Å². The number of hydrogen-bond donors (Lipinski definition) is 0. The number of halogens is 1. The lowest BCUT2D eigenvalue weighted by Crippen LogP contribution is -2.23. The number of hydrogen-bond acceptors (Lipinski definition) is 1. The average molecular weight is 218 g/mol. The molecule has 1 nitrogen and oxygen atoms in total. The lowest BCUT2D eigenvalue weighted by atomic mass is 9.79. The molecule has 1 aliphatic carbocycles. The van der Waals surface area contributed by atoms with Gasteiger partial charge in [-0.25, -0.2) is 0 Å². The van der Waals surface area contributed by atoms with Crippen LogP contribution in [0.5, 0.6) is 0 Å². The maximum atomic E-state index is 9.33. The van der Waals surface area contributed by atoms with Crippen molar-refractivity contribution in [2.24, 2.45) is 5.92 Å². The predicted octanol–water partition coefficient (Wildman–Crippen LogP) is 3.26. The second-order valence-corrected chi connectivity index (χ2v) is 4.60. The summed E-state index contributed by atoms with van der Waals surface area (Å²) < 4.78 is 0. The van der Waals surface area contributed by atoms with Crippen molar-refractivity contribution in [3.8, 4) is 6.07 Å². The van der Waals surface area contributed by atoms with Crippen molar-refractivity contribution in [2.45, 2.75) is 17.7 Å². The monoisotopic (exact) mass is 217 g/mol. The van der Waals surface area contributed by atoms with Gasteiger partial charge in [-0.15, -0.1) is 11.6 Å². The average Bonchev–Trinajstić information content (AvgIpc) is 2.88. The third-order valence-electron chi connectivity index (χ3n) is 3.16. The van der Waals surface area contributed by atoms with Crippen LogP contribution in [0.4, 0.5) is 0 Å². The van der Waals surface area contributed by atoms with Gasteiger partial charge in [-0.05, 0) is 12.5 Å². The number of allylic oxidation sites excluding steroid dienone is 1. The molecule has 76 valence electrons. The molecule has 1 fully saturated rings. The van der Waals surface area contributed by atoms with Crippen LogP contribution in [0.3, 0.4) is 0 Å². The normalized spacial score (nSPS) is 27.9. The van der Waals surface area contributed by atoms with E-state index in [1.807, 2.05) is 37.3 Å². The molecule has 1 aliphatic rings. The maximum Gasteiger partial charge on any atom is 0.0877 e. The summed E-state index contributed by atoms with van der Waals surface area (Å²) in [5.41, 5.74) is 1.46. The van der Waals surface area contributed by atoms with Crippen LogP contribution in [0, 0.1) is 17.2 Å². The van der Waals surface area contributed by atoms with Gasteiger partial charge in [0.25, 0.3) is 0 Å². The summed E-state index contributed by atoms with van der Waals surface area (Å²) in [5, 5.41) is 9.29. The van der Waals surface area contributed by atoms with Crippen LogP contribution in [0.15, 0.2) is 42.5 Å². The van der Waals surface area contributed by atoms with Crippen LogP contribution in [0.2, 0.25) is 0 Å². The Morgan fingerprint density at radius 3 is 2.33 bits per heavy atom. The zero-order chi connectivity index (χ0) is 11.1. The Hall–Kier alpha value is -1.26. The molecule has 0 heterocycles. The van der Waals surface area contributed by atoms with Crippen molar-refractivity contribution >= 4 is 11.6 Å². The first kappa shape index (κ1) is 10.3. The van der Waals surface area contributed by atoms with Gasteiger partial charge >= 0.3 is 0 Å². The van der Waals surface area contributed by atoms with E-state index in [1.165, 1.54) is 0 Å². The summed E-state index contributed by atoms with van der Waals surface area (Å²) in [4.78, 5) is 0. The highest BCUT2D eigenvalue weighted by atomic mass is 35.5. The molecule has 0 aromatic heterocycles. The number of rotatable bonds is 2. The molecule has 0 spiro atoms. The highest BCUT2D eigenvalue weighted by Gasteiger charge is 2.54. The Balaban J connectivity index is 2.40. The molecule has 0 radical (unpaired) electrons. The molecule has 0 bridgehead atoms. The molecule has 2 rings (SSSR count). The zero-order valence-electron chi connectivity index (χ0n) is 8.57. The van der Waals surface area contributed by atoms with Gasteiger partial charge in [-0.3, -0.25) is 0 Å². The van der Waals surface area contributed by atoms with Crippen molar-refractivity contribution in [2.75, 3.05) is 0 Å². The Morgan fingerprint density at radius 1 is 1.40 bits per heavy atom. The number of benzene rings is 1. The maximum absolute atomic E-state index is 9.33. The second kappa shape index (κ2) is 3.40. The molecule has 0 saturated heterocycles. The minimum absolute atomic E-state index is 0.0464. The fraction of sp³-hybridized carbons (Fsp3) is 0.308. The predicted molar refractivity (Wildman–Crippen MR) is 61.7 cm³/mol. The lowest BCUT2D eigenvalue weighted by Gasteiger charge is -2.21. The molecule has 3 atom stereocenters. The third kappa shape index (κ3) is 1.46. The minimum Gasteiger partial charge on any atom is -0.197 e. The van der Waals surface area contributed by atoms with E-state index in [4.69, 9.17) is 11.6 Å². The zero-order valence-corrected chi connectivity index (χ0v) is 9.33. The number of nitriles is 1. The first-order chi connectivity index (χ1) is 7.11. The molecule has 1 saturated carbocycles. The van der Waals surface area contributed by atoms with Crippen molar-refractivity contribution < 1.29 is 0 Å². The highest BCUT2D eigenvalue weighted by Crippen LogP contribution is 2.53. The van der Waals surface area contributed by atoms with Crippen LogP contribution in [0.25, 0.3) is 0 Å². The smallest absolute Gasteiger partial charge is 0.0877 e. The van der Waals surface area contributed by atoms with Gasteiger partial charge in [0.1, 0.15) is 0 Å². The molecule has 3 unspecified atom stereocenters. The van der Waals surface area contributed by atoms with Crippen LogP contribution in [-0.4, -0.2) is 5.38 Å². The fourth-order valence-corrected chi connectivity index (χ4v) is 2.52. The van der Waals surface area contributed by atoms with E-state index in [0.717, 1.165) is 11.1 Å². The minimum atomic E-state index is -0.537. The summed E-state index contributed by atoms with van der Waals surface area (Å²) in [5.74, 6) is 0.0894. The van der Waals surface area contributed by atoms with Crippen LogP contribution < -0.4 is 0 Å². The van der Waals surface area contributed by atoms with E-state index in [1.54, 1.807) is 0 Å². The van der Waals surface area contributed by atoms with Gasteiger partial charge in [0.15, 0.2) is 0 Å². The summed E-state index contributed by atoms with van der Waals surface area (Å²) in [6.07, 6.45) is 0. The van der Waals surface area contributed by atoms with E-state index >= 15 is 0 Å². The summed E-state index contributed by atoms with van der Waals surface area (Å²) in [7, 11) is 0. The summed E-state index contributed by atoms with van der Waals surface area (Å²) >= 11 is 6.06. The quantitative estimate of drug-likeness (QED) is 0.551. The van der Waals surface area contributed by atoms with Gasteiger partial charge in [0, 0.05) is 5.92 Å². The van der Waals surface area contributed by atoms with Gasteiger partial charge in [-0.2, -0.15) is 5.26 Å². The van der Waals surface area contributed by atoms with E-state index < -0.39 is 5.41 Å². The SMILES string of the molecule is C=C1C(Cl)C1C(C)(C#N)c1ccccc1. The largest absolute Gasteiger partial charge is 0.197 e. The van der Waals surface area contributed by atoms with Gasteiger partial charge in [0.05, 0.1) is 16.9 Å². The first-order valence-electron chi connectivity index (χ1n) is 4.91. The molecule has 0 N–H and O–H groups in total. The number of alkyl halides is 1. The second-order valence-electron chi connectivity index (χ2n) is 4.13. The summed E-state index contributed by atoms with van der Waals surface area (Å²) in [6.45, 7) is 5.82. The summed E-state index contributed by atoms with van der Waals surface area (Å²) in [6, 6.07) is 12.1. The van der Waals surface area contributed by atoms with Crippen LogP contribution in [-0.2, 0) is 5.41 Å². The van der Waals surface area contributed by atoms with E-state index in [9.17, 15) is 5.26 Å². The van der Waals surface area contributed by atoms with Crippen molar-refractivity contribution in [1.82, 2.24) is 0 Å². The fourth-order valence-electron chi connectivity index (χ4n) is 2.04. The van der Waals surface area contributed by atoms with Crippen molar-refractivity contribution in [1.29, 1.82) is 5.26 Å². The molecule has 0 aliphatic heterocycles. The molecule has 1 aromatic rings. The van der Waals surface area contributed by atoms with E-state index in [0.29, 0.717) is 0 Å². The standard InChI is InChI=1S/C13H12ClN/c1-9-11(12(9)14)13(2,8-15)10-6-4-3-5-7-10/h3-7,11-12H,1H2,2H3. The molecule has 2 heteroatoms. The van der Waals surface area contributed by atoms with Gasteiger partial charge in [-0.1, -0.05) is 42.5 Å². The van der Waals surface area contributed by atoms with Crippen LogP contribution >= 0.6 is 11.6 Å². The Labute approximate surface area is 95.0 Å². The molecule has 0 amide bonds. The Kier molecular flexibility index (Phi) is 2.32. The third-order valence-corrected chi connectivity index (χ3v) is 3.70. The highest BCUT2D eigenvalue weighted by molar-refractivity contribution is 6.26. The lowest BCUT2D eigenvalue weighted by molar-refractivity contribution is 0.547. The Bertz CT molecular complexity index is 432. The van der Waals surface area contributed by atoms with E-state index in [2.05, 4.69) is 12.6 Å². The molecular formula is C13H12ClN. The first-order valence-corrected chi connectivity index (χ1v) is 5.34.